The predicted octanol–water partition coefficient (Wildman–Crippen LogP) is 2.21. The van der Waals surface area contributed by atoms with E-state index in [0.717, 1.165) is 37.0 Å². The van der Waals surface area contributed by atoms with Crippen LogP contribution in [0.1, 0.15) is 50.5 Å². The van der Waals surface area contributed by atoms with Crippen molar-refractivity contribution in [3.8, 4) is 5.75 Å². The molecule has 6 nitrogen and oxygen atoms in total. The van der Waals surface area contributed by atoms with Crippen LogP contribution >= 0.6 is 0 Å². The Morgan fingerprint density at radius 1 is 1.26 bits per heavy atom. The third-order valence-corrected chi connectivity index (χ3v) is 6.05. The highest BCUT2D eigenvalue weighted by Gasteiger charge is 2.36. The Bertz CT molecular complexity index is 653. The summed E-state index contributed by atoms with van der Waals surface area (Å²) in [7, 11) is 1.63. The van der Waals surface area contributed by atoms with E-state index < -0.39 is 6.04 Å². The fourth-order valence-corrected chi connectivity index (χ4v) is 4.32. The Balaban J connectivity index is 1.52. The summed E-state index contributed by atoms with van der Waals surface area (Å²) in [5.74, 6) is 0.768. The topological polar surface area (TPSA) is 84.7 Å². The second-order valence-electron chi connectivity index (χ2n) is 7.96. The third-order valence-electron chi connectivity index (χ3n) is 6.05. The average Bonchev–Trinajstić information content (AvgIpc) is 3.02. The van der Waals surface area contributed by atoms with Gasteiger partial charge in [0.1, 0.15) is 11.8 Å². The van der Waals surface area contributed by atoms with Gasteiger partial charge in [-0.1, -0.05) is 31.4 Å². The lowest BCUT2D eigenvalue weighted by molar-refractivity contribution is -0.133. The van der Waals surface area contributed by atoms with E-state index in [2.05, 4.69) is 5.32 Å². The molecule has 0 aromatic heterocycles. The lowest BCUT2D eigenvalue weighted by atomic mass is 9.71. The SMILES string of the molecule is COc1ccc(CN2CCC(NC(=O)CC3(CN)CCCCC3)C2=O)cc1. The summed E-state index contributed by atoms with van der Waals surface area (Å²) in [6, 6.07) is 7.31. The van der Waals surface area contributed by atoms with Crippen molar-refractivity contribution in [1.82, 2.24) is 10.2 Å². The van der Waals surface area contributed by atoms with Crippen LogP contribution in [-0.4, -0.2) is 43.0 Å². The van der Waals surface area contributed by atoms with Gasteiger partial charge < -0.3 is 20.7 Å². The minimum atomic E-state index is -0.408. The van der Waals surface area contributed by atoms with E-state index in [1.165, 1.54) is 6.42 Å². The summed E-state index contributed by atoms with van der Waals surface area (Å²) in [6.07, 6.45) is 6.64. The zero-order valence-electron chi connectivity index (χ0n) is 16.2. The first-order valence-corrected chi connectivity index (χ1v) is 9.96. The number of likely N-dealkylation sites (tertiary alicyclic amines) is 1. The van der Waals surface area contributed by atoms with Gasteiger partial charge in [0.2, 0.25) is 11.8 Å². The smallest absolute Gasteiger partial charge is 0.245 e. The zero-order valence-corrected chi connectivity index (χ0v) is 16.2. The summed E-state index contributed by atoms with van der Waals surface area (Å²) < 4.78 is 5.16. The molecule has 1 aliphatic heterocycles. The highest BCUT2D eigenvalue weighted by Crippen LogP contribution is 2.38. The number of hydrogen-bond acceptors (Lipinski definition) is 4. The Hall–Kier alpha value is -2.08. The van der Waals surface area contributed by atoms with E-state index in [0.29, 0.717) is 32.5 Å². The number of methoxy groups -OCH3 is 1. The van der Waals surface area contributed by atoms with Gasteiger partial charge in [0.15, 0.2) is 0 Å². The molecule has 2 fully saturated rings. The summed E-state index contributed by atoms with van der Waals surface area (Å²) in [6.45, 7) is 1.77. The van der Waals surface area contributed by atoms with Crippen LogP contribution in [-0.2, 0) is 16.1 Å². The van der Waals surface area contributed by atoms with Crippen LogP contribution in [0.3, 0.4) is 0 Å². The van der Waals surface area contributed by atoms with Gasteiger partial charge in [-0.2, -0.15) is 0 Å². The molecule has 0 bridgehead atoms. The van der Waals surface area contributed by atoms with Crippen LogP contribution in [0.5, 0.6) is 5.75 Å². The molecule has 27 heavy (non-hydrogen) atoms. The molecule has 1 saturated heterocycles. The number of nitrogens with zero attached hydrogens (tertiary/aromatic N) is 1. The second kappa shape index (κ2) is 8.74. The van der Waals surface area contributed by atoms with Crippen molar-refractivity contribution in [3.05, 3.63) is 29.8 Å². The molecule has 0 radical (unpaired) electrons. The van der Waals surface area contributed by atoms with E-state index in [-0.39, 0.29) is 17.2 Å². The highest BCUT2D eigenvalue weighted by atomic mass is 16.5. The maximum absolute atomic E-state index is 12.7. The van der Waals surface area contributed by atoms with Gasteiger partial charge in [0, 0.05) is 19.5 Å². The van der Waals surface area contributed by atoms with Crippen LogP contribution < -0.4 is 15.8 Å². The monoisotopic (exact) mass is 373 g/mol. The predicted molar refractivity (Wildman–Crippen MR) is 104 cm³/mol. The molecule has 148 valence electrons. The Labute approximate surface area is 161 Å². The number of rotatable bonds is 7. The van der Waals surface area contributed by atoms with E-state index in [9.17, 15) is 9.59 Å². The Morgan fingerprint density at radius 2 is 1.96 bits per heavy atom. The van der Waals surface area contributed by atoms with Gasteiger partial charge in [0.25, 0.3) is 0 Å². The molecule has 1 heterocycles. The van der Waals surface area contributed by atoms with Crippen LogP contribution in [0.25, 0.3) is 0 Å². The number of hydrogen-bond donors (Lipinski definition) is 2. The Kier molecular flexibility index (Phi) is 6.37. The standard InChI is InChI=1S/C21H31N3O3/c1-27-17-7-5-16(6-8-17)14-24-12-9-18(20(24)26)23-19(25)13-21(15-22)10-3-2-4-11-21/h5-8,18H,2-4,9-15,22H2,1H3,(H,23,25). The van der Waals surface area contributed by atoms with Crippen molar-refractivity contribution in [2.45, 2.75) is 57.5 Å². The van der Waals surface area contributed by atoms with Crippen LogP contribution in [0.4, 0.5) is 0 Å². The van der Waals surface area contributed by atoms with Crippen LogP contribution in [0, 0.1) is 5.41 Å². The zero-order chi connectivity index (χ0) is 19.3. The third kappa shape index (κ3) is 4.80. The largest absolute Gasteiger partial charge is 0.497 e. The maximum atomic E-state index is 12.7. The fourth-order valence-electron chi connectivity index (χ4n) is 4.32. The first-order chi connectivity index (χ1) is 13.0. The van der Waals surface area contributed by atoms with Gasteiger partial charge in [-0.15, -0.1) is 0 Å². The average molecular weight is 373 g/mol. The first-order valence-electron chi connectivity index (χ1n) is 9.96. The van der Waals surface area contributed by atoms with E-state index in [1.807, 2.05) is 29.2 Å². The summed E-state index contributed by atoms with van der Waals surface area (Å²) >= 11 is 0. The van der Waals surface area contributed by atoms with Crippen LogP contribution in [0.15, 0.2) is 24.3 Å². The molecule has 0 spiro atoms. The molecule has 6 heteroatoms. The minimum Gasteiger partial charge on any atom is -0.497 e. The molecule has 2 amide bonds. The molecule has 1 aromatic carbocycles. The number of nitrogens with two attached hydrogens (primary N) is 1. The lowest BCUT2D eigenvalue weighted by Gasteiger charge is -2.35. The summed E-state index contributed by atoms with van der Waals surface area (Å²) in [5, 5.41) is 2.96. The fraction of sp³-hybridized carbons (Fsp3) is 0.619. The molecule has 1 aliphatic carbocycles. The maximum Gasteiger partial charge on any atom is 0.245 e. The number of carbonyl (C=O) groups is 2. The summed E-state index contributed by atoms with van der Waals surface area (Å²) in [4.78, 5) is 27.0. The van der Waals surface area contributed by atoms with Gasteiger partial charge in [0.05, 0.1) is 7.11 Å². The normalized spacial score (nSPS) is 21.9. The molecule has 1 saturated carbocycles. The number of nitrogens with one attached hydrogen (secondary N) is 1. The number of carbonyl (C=O) groups excluding carboxylic acids is 2. The Morgan fingerprint density at radius 3 is 2.59 bits per heavy atom. The quantitative estimate of drug-likeness (QED) is 0.767. The van der Waals surface area contributed by atoms with Crippen molar-refractivity contribution in [1.29, 1.82) is 0 Å². The van der Waals surface area contributed by atoms with Gasteiger partial charge >= 0.3 is 0 Å². The molecule has 3 rings (SSSR count). The minimum absolute atomic E-state index is 0.00427. The van der Waals surface area contributed by atoms with Gasteiger partial charge in [-0.25, -0.2) is 0 Å². The van der Waals surface area contributed by atoms with Gasteiger partial charge in [-0.3, -0.25) is 9.59 Å². The molecular weight excluding hydrogens is 342 g/mol. The number of ether oxygens (including phenoxy) is 1. The van der Waals surface area contributed by atoms with Gasteiger partial charge in [-0.05, 0) is 48.9 Å². The van der Waals surface area contributed by atoms with Crippen molar-refractivity contribution >= 4 is 11.8 Å². The number of amides is 2. The molecule has 2 aliphatic rings. The van der Waals surface area contributed by atoms with Crippen molar-refractivity contribution in [2.75, 3.05) is 20.2 Å². The van der Waals surface area contributed by atoms with Crippen molar-refractivity contribution in [3.63, 3.8) is 0 Å². The second-order valence-corrected chi connectivity index (χ2v) is 7.96. The summed E-state index contributed by atoms with van der Waals surface area (Å²) in [5.41, 5.74) is 6.97. The molecular formula is C21H31N3O3. The lowest BCUT2D eigenvalue weighted by Crippen LogP contribution is -2.44. The van der Waals surface area contributed by atoms with E-state index >= 15 is 0 Å². The van der Waals surface area contributed by atoms with E-state index in [4.69, 9.17) is 10.5 Å². The van der Waals surface area contributed by atoms with Crippen LogP contribution in [0.2, 0.25) is 0 Å². The number of benzene rings is 1. The first kappa shape index (κ1) is 19.7. The van der Waals surface area contributed by atoms with E-state index in [1.54, 1.807) is 7.11 Å². The molecule has 1 aromatic rings. The highest BCUT2D eigenvalue weighted by molar-refractivity contribution is 5.89. The van der Waals surface area contributed by atoms with Crippen molar-refractivity contribution < 1.29 is 14.3 Å². The molecule has 1 unspecified atom stereocenters. The molecule has 1 atom stereocenters. The molecule has 3 N–H and O–H groups in total. The van der Waals surface area contributed by atoms with Crippen molar-refractivity contribution in [2.24, 2.45) is 11.1 Å².